The molecule has 26 heavy (non-hydrogen) atoms. The second kappa shape index (κ2) is 8.18. The highest BCUT2D eigenvalue weighted by Gasteiger charge is 2.33. The molecule has 2 heterocycles. The van der Waals surface area contributed by atoms with Gasteiger partial charge in [0.1, 0.15) is 0 Å². The second-order valence-corrected chi connectivity index (χ2v) is 7.42. The molecular weight excluding hydrogens is 352 g/mol. The normalized spacial score (nSPS) is 19.8. The van der Waals surface area contributed by atoms with Crippen LogP contribution in [0.5, 0.6) is 0 Å². The molecule has 0 spiro atoms. The Bertz CT molecular complexity index is 849. The monoisotopic (exact) mass is 378 g/mol. The number of amides is 1. The quantitative estimate of drug-likeness (QED) is 0.884. The van der Waals surface area contributed by atoms with Gasteiger partial charge in [0.15, 0.2) is 5.69 Å². The van der Waals surface area contributed by atoms with Gasteiger partial charge in [-0.3, -0.25) is 9.59 Å². The molecule has 142 valence electrons. The third-order valence-corrected chi connectivity index (χ3v) is 4.86. The Morgan fingerprint density at radius 1 is 1.31 bits per heavy atom. The molecule has 0 saturated carbocycles. The largest absolute Gasteiger partial charge is 0.334 e. The van der Waals surface area contributed by atoms with E-state index in [-0.39, 0.29) is 35.8 Å². The third-order valence-electron chi connectivity index (χ3n) is 4.86. The van der Waals surface area contributed by atoms with Crippen molar-refractivity contribution in [2.45, 2.75) is 39.8 Å². The lowest BCUT2D eigenvalue weighted by Gasteiger charge is -2.22. The van der Waals surface area contributed by atoms with Crippen molar-refractivity contribution < 1.29 is 4.79 Å². The minimum atomic E-state index is -0.143. The van der Waals surface area contributed by atoms with Crippen LogP contribution >= 0.6 is 12.4 Å². The van der Waals surface area contributed by atoms with Gasteiger partial charge in [0.25, 0.3) is 11.5 Å². The molecule has 2 atom stereocenters. The molecule has 1 aromatic carbocycles. The van der Waals surface area contributed by atoms with E-state index in [9.17, 15) is 9.59 Å². The van der Waals surface area contributed by atoms with Crippen molar-refractivity contribution in [1.29, 1.82) is 0 Å². The Hall–Kier alpha value is -1.92. The van der Waals surface area contributed by atoms with E-state index < -0.39 is 0 Å². The zero-order valence-electron chi connectivity index (χ0n) is 15.5. The van der Waals surface area contributed by atoms with Gasteiger partial charge in [0, 0.05) is 24.5 Å². The van der Waals surface area contributed by atoms with Crippen LogP contribution in [0.15, 0.2) is 29.1 Å². The summed E-state index contributed by atoms with van der Waals surface area (Å²) in [6.07, 6.45) is 0.909. The number of halogens is 1. The van der Waals surface area contributed by atoms with E-state index in [2.05, 4.69) is 5.10 Å². The number of carbonyl (C=O) groups is 1. The summed E-state index contributed by atoms with van der Waals surface area (Å²) in [5.74, 6) is 0.477. The van der Waals surface area contributed by atoms with Crippen LogP contribution in [-0.2, 0) is 6.54 Å². The van der Waals surface area contributed by atoms with Gasteiger partial charge in [-0.25, -0.2) is 4.68 Å². The van der Waals surface area contributed by atoms with Crippen LogP contribution in [0.3, 0.4) is 0 Å². The third kappa shape index (κ3) is 3.76. The van der Waals surface area contributed by atoms with Crippen molar-refractivity contribution in [2.75, 3.05) is 13.1 Å². The van der Waals surface area contributed by atoms with Crippen LogP contribution in [0, 0.1) is 11.8 Å². The summed E-state index contributed by atoms with van der Waals surface area (Å²) in [6.45, 7) is 7.81. The molecule has 2 N–H and O–H groups in total. The molecule has 2 aromatic rings. The molecule has 0 bridgehead atoms. The number of hydrogen-bond acceptors (Lipinski definition) is 4. The first kappa shape index (κ1) is 20.4. The van der Waals surface area contributed by atoms with E-state index in [1.165, 1.54) is 4.68 Å². The fourth-order valence-corrected chi connectivity index (χ4v) is 3.59. The summed E-state index contributed by atoms with van der Waals surface area (Å²) in [5.41, 5.74) is 6.01. The van der Waals surface area contributed by atoms with Crippen LogP contribution < -0.4 is 11.3 Å². The van der Waals surface area contributed by atoms with Crippen LogP contribution in [0.4, 0.5) is 0 Å². The first-order valence-corrected chi connectivity index (χ1v) is 8.93. The van der Waals surface area contributed by atoms with Crippen LogP contribution in [0.1, 0.15) is 37.7 Å². The van der Waals surface area contributed by atoms with E-state index in [0.717, 1.165) is 6.42 Å². The lowest BCUT2D eigenvalue weighted by Crippen LogP contribution is -2.37. The van der Waals surface area contributed by atoms with Crippen molar-refractivity contribution in [2.24, 2.45) is 17.6 Å². The number of hydrogen-bond donors (Lipinski definition) is 1. The van der Waals surface area contributed by atoms with Crippen molar-refractivity contribution in [3.8, 4) is 0 Å². The Morgan fingerprint density at radius 3 is 2.54 bits per heavy atom. The van der Waals surface area contributed by atoms with Crippen molar-refractivity contribution in [3.05, 3.63) is 40.3 Å². The van der Waals surface area contributed by atoms with E-state index in [1.807, 2.05) is 37.8 Å². The second-order valence-electron chi connectivity index (χ2n) is 7.42. The predicted octanol–water partition coefficient (Wildman–Crippen LogP) is 2.28. The molecule has 1 aliphatic rings. The summed E-state index contributed by atoms with van der Waals surface area (Å²) in [5, 5.41) is 5.62. The van der Waals surface area contributed by atoms with Crippen LogP contribution in [0.2, 0.25) is 0 Å². The van der Waals surface area contributed by atoms with Gasteiger partial charge in [-0.15, -0.1) is 12.4 Å². The van der Waals surface area contributed by atoms with Gasteiger partial charge in [-0.2, -0.15) is 5.10 Å². The van der Waals surface area contributed by atoms with Gasteiger partial charge >= 0.3 is 0 Å². The number of carbonyl (C=O) groups excluding carboxylic acids is 1. The summed E-state index contributed by atoms with van der Waals surface area (Å²) in [7, 11) is 0. The Kier molecular flexibility index (Phi) is 6.42. The molecular formula is C19H27ClN4O2. The lowest BCUT2D eigenvalue weighted by molar-refractivity contribution is 0.0736. The minimum absolute atomic E-state index is 0. The highest BCUT2D eigenvalue weighted by atomic mass is 35.5. The zero-order valence-corrected chi connectivity index (χ0v) is 16.3. The maximum absolute atomic E-state index is 13.2. The summed E-state index contributed by atoms with van der Waals surface area (Å²) in [6, 6.07) is 7.36. The van der Waals surface area contributed by atoms with E-state index in [1.54, 1.807) is 12.1 Å². The lowest BCUT2D eigenvalue weighted by atomic mass is 10.1. The molecule has 1 fully saturated rings. The van der Waals surface area contributed by atoms with E-state index in [4.69, 9.17) is 5.73 Å². The number of likely N-dealkylation sites (tertiary alicyclic amines) is 1. The predicted molar refractivity (Wildman–Crippen MR) is 106 cm³/mol. The molecule has 0 radical (unpaired) electrons. The molecule has 1 amide bonds. The first-order chi connectivity index (χ1) is 11.9. The van der Waals surface area contributed by atoms with Crippen LogP contribution in [0.25, 0.3) is 10.8 Å². The highest BCUT2D eigenvalue weighted by molar-refractivity contribution is 6.05. The maximum Gasteiger partial charge on any atom is 0.275 e. The smallest absolute Gasteiger partial charge is 0.275 e. The van der Waals surface area contributed by atoms with Crippen molar-refractivity contribution >= 4 is 29.1 Å². The number of nitrogens with zero attached hydrogens (tertiary/aromatic N) is 3. The Balaban J connectivity index is 0.00000243. The number of aromatic nitrogens is 2. The van der Waals surface area contributed by atoms with E-state index in [0.29, 0.717) is 42.0 Å². The fraction of sp³-hybridized carbons (Fsp3) is 0.526. The van der Waals surface area contributed by atoms with Gasteiger partial charge in [-0.1, -0.05) is 32.0 Å². The Labute approximate surface area is 159 Å². The maximum atomic E-state index is 13.2. The van der Waals surface area contributed by atoms with E-state index >= 15 is 0 Å². The number of rotatable bonds is 4. The molecule has 2 unspecified atom stereocenters. The van der Waals surface area contributed by atoms with Crippen molar-refractivity contribution in [3.63, 3.8) is 0 Å². The molecule has 0 aliphatic carbocycles. The van der Waals surface area contributed by atoms with Gasteiger partial charge in [-0.05, 0) is 37.8 Å². The molecule has 1 aliphatic heterocycles. The number of fused-ring (bicyclic) bond motifs is 1. The topological polar surface area (TPSA) is 81.2 Å². The molecule has 6 nitrogen and oxygen atoms in total. The minimum Gasteiger partial charge on any atom is -0.334 e. The standard InChI is InChI=1S/C19H26N4O2.ClH/c1-12(2)10-23-18(24)16-7-5-4-6-15(16)17(21-23)19(25)22-11-14(9-20)8-13(22)3;/h4-7,12-14H,8-11,20H2,1-3H3;1H. The first-order valence-electron chi connectivity index (χ1n) is 8.93. The average molecular weight is 379 g/mol. The summed E-state index contributed by atoms with van der Waals surface area (Å²) >= 11 is 0. The van der Waals surface area contributed by atoms with Gasteiger partial charge < -0.3 is 10.6 Å². The molecule has 1 saturated heterocycles. The summed E-state index contributed by atoms with van der Waals surface area (Å²) in [4.78, 5) is 27.7. The SMILES string of the molecule is CC(C)Cn1nc(C(=O)N2CC(CN)CC2C)c2ccccc2c1=O.Cl. The van der Waals surface area contributed by atoms with Crippen LogP contribution in [-0.4, -0.2) is 39.7 Å². The van der Waals surface area contributed by atoms with Gasteiger partial charge in [0.05, 0.1) is 5.39 Å². The highest BCUT2D eigenvalue weighted by Crippen LogP contribution is 2.25. The van der Waals surface area contributed by atoms with Gasteiger partial charge in [0.2, 0.25) is 0 Å². The average Bonchev–Trinajstić information content (AvgIpc) is 2.97. The fourth-order valence-electron chi connectivity index (χ4n) is 3.59. The zero-order chi connectivity index (χ0) is 18.1. The summed E-state index contributed by atoms with van der Waals surface area (Å²) < 4.78 is 1.43. The molecule has 3 rings (SSSR count). The molecule has 1 aromatic heterocycles. The van der Waals surface area contributed by atoms with Crippen molar-refractivity contribution in [1.82, 2.24) is 14.7 Å². The number of nitrogens with two attached hydrogens (primary N) is 1. The number of benzene rings is 1. The molecule has 7 heteroatoms. The Morgan fingerprint density at radius 2 is 1.96 bits per heavy atom.